The second-order valence-corrected chi connectivity index (χ2v) is 0.261. The third-order valence-electron chi connectivity index (χ3n) is 0. The summed E-state index contributed by atoms with van der Waals surface area (Å²) in [6.45, 7) is 0. The van der Waals surface area contributed by atoms with E-state index in [1.807, 2.05) is 0 Å². The van der Waals surface area contributed by atoms with Gasteiger partial charge in [0.2, 0.25) is 0 Å². The predicted octanol–water partition coefficient (Wildman–Crippen LogP) is -1.50. The van der Waals surface area contributed by atoms with Crippen molar-refractivity contribution in [3.8, 4) is 0 Å². The summed E-state index contributed by atoms with van der Waals surface area (Å²) in [5.41, 5.74) is 0. The van der Waals surface area contributed by atoms with Gasteiger partial charge in [-0.1, -0.05) is 0 Å². The van der Waals surface area contributed by atoms with Crippen molar-refractivity contribution in [2.75, 3.05) is 0 Å². The van der Waals surface area contributed by atoms with Crippen molar-refractivity contribution in [3.05, 3.63) is 0 Å². The van der Waals surface area contributed by atoms with Gasteiger partial charge in [-0.15, -0.1) is 0 Å². The molecular weight excluding hydrogens is 209 g/mol. The normalized spacial score (nSPS) is 5.50. The molecule has 0 aliphatic carbocycles. The maximum atomic E-state index is 7.06. The smallest absolute Gasteiger partial charge is 0 e. The fourth-order valence-corrected chi connectivity index (χ4v) is 0. The Morgan fingerprint density at radius 3 is 1.25 bits per heavy atom. The molecule has 0 saturated carbocycles. The van der Waals surface area contributed by atoms with E-state index in [2.05, 4.69) is 0 Å². The third kappa shape index (κ3) is 10.7. The predicted molar refractivity (Wildman–Crippen MR) is 10.2 cm³/mol. The van der Waals surface area contributed by atoms with Crippen molar-refractivity contribution >= 4 is 23.9 Å². The van der Waals surface area contributed by atoms with Crippen LogP contribution < -0.4 is 0 Å². The van der Waals surface area contributed by atoms with Gasteiger partial charge >= 0.3 is 23.6 Å². The van der Waals surface area contributed by atoms with Gasteiger partial charge in [0, 0.05) is 23.9 Å². The quantitative estimate of drug-likeness (QED) is 0.479. The van der Waals surface area contributed by atoms with E-state index in [0.717, 1.165) is 0 Å². The largest absolute Gasteiger partial charge is 0 e. The van der Waals surface area contributed by atoms with E-state index in [9.17, 15) is 0 Å². The van der Waals surface area contributed by atoms with Gasteiger partial charge in [0.1, 0.15) is 0 Å². The number of hydrogen-bond donors (Lipinski definition) is 2. The third-order valence-corrected chi connectivity index (χ3v) is 0. The van der Waals surface area contributed by atoms with E-state index in [4.69, 9.17) is 8.50 Å². The van der Waals surface area contributed by atoms with E-state index in [1.54, 1.807) is 0 Å². The van der Waals surface area contributed by atoms with Gasteiger partial charge in [-0.25, -0.2) is 0 Å². The fourth-order valence-electron chi connectivity index (χ4n) is 0. The average Bonchev–Trinajstić information content (AvgIpc) is 0.918. The molecule has 4 radical (unpaired) electrons. The molecule has 0 aromatic rings. The molecular formula is H2NiO2Sn. The minimum Gasteiger partial charge on any atom is 0 e. The first kappa shape index (κ1) is 8.96. The van der Waals surface area contributed by atoms with E-state index in [1.165, 1.54) is 0 Å². The number of rotatable bonds is 0. The molecule has 0 aliphatic heterocycles. The molecule has 0 unspecified atom stereocenters. The summed E-state index contributed by atoms with van der Waals surface area (Å²) < 4.78 is 14.1. The molecule has 2 nitrogen and oxygen atoms in total. The first-order chi connectivity index (χ1) is 1.41. The Bertz CT molecular complexity index is 6.00. The molecule has 0 atom stereocenters. The Kier molecular flexibility index (Phi) is 19.9. The van der Waals surface area contributed by atoms with Crippen LogP contribution in [-0.2, 0) is 15.1 Å². The van der Waals surface area contributed by atoms with Crippen molar-refractivity contribution in [2.45, 2.75) is 0 Å². The second kappa shape index (κ2) is 8.88. The van der Waals surface area contributed by atoms with Gasteiger partial charge in [-0.05, 0) is 0 Å². The summed E-state index contributed by atoms with van der Waals surface area (Å²) in [6, 6.07) is 0. The van der Waals surface area contributed by atoms with Crippen molar-refractivity contribution < 1.29 is 23.6 Å². The van der Waals surface area contributed by atoms with Gasteiger partial charge in [0.05, 0.1) is 0 Å². The minimum absolute atomic E-state index is 0. The molecule has 0 saturated heterocycles. The molecule has 28 valence electrons. The van der Waals surface area contributed by atoms with Gasteiger partial charge in [0.25, 0.3) is 0 Å². The summed E-state index contributed by atoms with van der Waals surface area (Å²) in [5, 5.41) is 0. The standard InChI is InChI=1S/Ni.2H2O.Sn/h;2*1H2;/q+2;;;/p-2. The summed E-state index contributed by atoms with van der Waals surface area (Å²) in [5.74, 6) is 0. The molecule has 0 bridgehead atoms. The molecule has 0 aromatic carbocycles. The van der Waals surface area contributed by atoms with E-state index in [0.29, 0.717) is 0 Å². The molecule has 0 aromatic heterocycles. The average molecular weight is 211 g/mol. The van der Waals surface area contributed by atoms with E-state index >= 15 is 0 Å². The Morgan fingerprint density at radius 1 is 1.25 bits per heavy atom. The molecule has 0 spiro atoms. The molecule has 0 aliphatic rings. The number of hydrogen-bond acceptors (Lipinski definition) is 2. The van der Waals surface area contributed by atoms with Crippen LogP contribution in [0.3, 0.4) is 0 Å². The van der Waals surface area contributed by atoms with Crippen molar-refractivity contribution in [1.82, 2.24) is 0 Å². The molecule has 0 rings (SSSR count). The zero-order chi connectivity index (χ0) is 2.71. The monoisotopic (exact) mass is 212 g/mol. The van der Waals surface area contributed by atoms with Gasteiger partial charge < -0.3 is 0 Å². The topological polar surface area (TPSA) is 40.5 Å². The van der Waals surface area contributed by atoms with Crippen LogP contribution in [0.4, 0.5) is 0 Å². The maximum absolute atomic E-state index is 7.06. The van der Waals surface area contributed by atoms with Crippen LogP contribution >= 0.6 is 0 Å². The van der Waals surface area contributed by atoms with Crippen molar-refractivity contribution in [1.29, 1.82) is 0 Å². The van der Waals surface area contributed by atoms with Crippen LogP contribution in [-0.4, -0.2) is 32.4 Å². The van der Waals surface area contributed by atoms with Crippen LogP contribution in [0.1, 0.15) is 0 Å². The molecule has 0 heterocycles. The zero-order valence-corrected chi connectivity index (χ0v) is 5.55. The Labute approximate surface area is 47.6 Å². The zero-order valence-electron chi connectivity index (χ0n) is 1.71. The first-order valence-electron chi connectivity index (χ1n) is 0.283. The minimum atomic E-state index is -0.375. The fraction of sp³-hybridized carbons (Fsp3) is 0. The molecule has 0 fully saturated rings. The summed E-state index contributed by atoms with van der Waals surface area (Å²) in [7, 11) is 0. The summed E-state index contributed by atoms with van der Waals surface area (Å²) >= 11 is -0.375. The van der Waals surface area contributed by atoms with Crippen LogP contribution in [0.25, 0.3) is 0 Å². The maximum Gasteiger partial charge on any atom is 0 e. The molecule has 4 heavy (non-hydrogen) atoms. The van der Waals surface area contributed by atoms with Gasteiger partial charge in [-0.2, -0.15) is 0 Å². The van der Waals surface area contributed by atoms with Crippen LogP contribution in [0.15, 0.2) is 0 Å². The summed E-state index contributed by atoms with van der Waals surface area (Å²) in [6.07, 6.45) is 0. The molecule has 4 heteroatoms. The van der Waals surface area contributed by atoms with Gasteiger partial charge in [0.15, 0.2) is 0 Å². The Morgan fingerprint density at radius 2 is 1.25 bits per heavy atom. The Balaban J connectivity index is 0. The molecule has 2 N–H and O–H groups in total. The van der Waals surface area contributed by atoms with Gasteiger partial charge in [-0.3, -0.25) is 0 Å². The van der Waals surface area contributed by atoms with Crippen LogP contribution in [0.2, 0.25) is 0 Å². The Hall–Kier alpha value is 1.21. The van der Waals surface area contributed by atoms with E-state index in [-0.39, 0.29) is 39.0 Å². The molecule has 0 amide bonds. The van der Waals surface area contributed by atoms with Crippen molar-refractivity contribution in [3.63, 3.8) is 0 Å². The van der Waals surface area contributed by atoms with E-state index < -0.39 is 0 Å². The SMILES string of the molecule is [OH][Ni][OH].[Sn]. The first-order valence-corrected chi connectivity index (χ1v) is 1.17. The summed E-state index contributed by atoms with van der Waals surface area (Å²) in [4.78, 5) is 0. The van der Waals surface area contributed by atoms with Crippen LogP contribution in [0, 0.1) is 0 Å². The second-order valence-electron chi connectivity index (χ2n) is 0.0632. The van der Waals surface area contributed by atoms with Crippen LogP contribution in [0.5, 0.6) is 0 Å². The van der Waals surface area contributed by atoms with Crippen molar-refractivity contribution in [2.24, 2.45) is 0 Å².